The Morgan fingerprint density at radius 2 is 2.15 bits per heavy atom. The lowest BCUT2D eigenvalue weighted by molar-refractivity contribution is 0.0715. The highest BCUT2D eigenvalue weighted by Gasteiger charge is 2.35. The van der Waals surface area contributed by atoms with E-state index < -0.39 is 0 Å². The van der Waals surface area contributed by atoms with Crippen molar-refractivity contribution in [2.75, 3.05) is 13.7 Å². The zero-order chi connectivity index (χ0) is 18.1. The van der Waals surface area contributed by atoms with E-state index in [0.717, 1.165) is 28.2 Å². The molecule has 1 fully saturated rings. The summed E-state index contributed by atoms with van der Waals surface area (Å²) in [6.45, 7) is 2.70. The Kier molecular flexibility index (Phi) is 4.46. The Bertz CT molecular complexity index is 934. The van der Waals surface area contributed by atoms with E-state index in [1.54, 1.807) is 7.11 Å². The third-order valence-electron chi connectivity index (χ3n) is 4.54. The van der Waals surface area contributed by atoms with Gasteiger partial charge in [0.2, 0.25) is 11.7 Å². The van der Waals surface area contributed by atoms with Gasteiger partial charge in [0, 0.05) is 11.4 Å². The fourth-order valence-corrected chi connectivity index (χ4v) is 4.09. The van der Waals surface area contributed by atoms with Crippen LogP contribution < -0.4 is 4.74 Å². The Morgan fingerprint density at radius 3 is 2.92 bits per heavy atom. The van der Waals surface area contributed by atoms with E-state index in [1.807, 2.05) is 48.2 Å². The number of ether oxygens (including phenoxy) is 1. The van der Waals surface area contributed by atoms with Crippen LogP contribution in [0.4, 0.5) is 0 Å². The SMILES string of the molecule is COc1ccccc1-c1noc(C2CCCN2C(=O)c2ccc(C)s2)n1. The van der Waals surface area contributed by atoms with Gasteiger partial charge >= 0.3 is 0 Å². The monoisotopic (exact) mass is 369 g/mol. The highest BCUT2D eigenvalue weighted by atomic mass is 32.1. The molecule has 1 aromatic carbocycles. The normalized spacial score (nSPS) is 16.8. The zero-order valence-electron chi connectivity index (χ0n) is 14.6. The Hall–Kier alpha value is -2.67. The first kappa shape index (κ1) is 16.8. The number of rotatable bonds is 4. The Labute approximate surface area is 155 Å². The summed E-state index contributed by atoms with van der Waals surface area (Å²) in [5.41, 5.74) is 0.773. The van der Waals surface area contributed by atoms with E-state index in [2.05, 4.69) is 10.1 Å². The van der Waals surface area contributed by atoms with Crippen molar-refractivity contribution in [1.82, 2.24) is 15.0 Å². The van der Waals surface area contributed by atoms with Crippen LogP contribution >= 0.6 is 11.3 Å². The highest BCUT2D eigenvalue weighted by Crippen LogP contribution is 2.35. The molecular formula is C19H19N3O3S. The number of para-hydroxylation sites is 1. The quantitative estimate of drug-likeness (QED) is 0.693. The lowest BCUT2D eigenvalue weighted by Crippen LogP contribution is -2.30. The number of thiophene rings is 1. The van der Waals surface area contributed by atoms with Crippen LogP contribution in [-0.4, -0.2) is 34.6 Å². The molecule has 0 aliphatic carbocycles. The molecule has 0 saturated carbocycles. The molecular weight excluding hydrogens is 350 g/mol. The van der Waals surface area contributed by atoms with Gasteiger partial charge in [-0.2, -0.15) is 4.98 Å². The van der Waals surface area contributed by atoms with Gasteiger partial charge < -0.3 is 14.2 Å². The van der Waals surface area contributed by atoms with Crippen molar-refractivity contribution in [3.05, 3.63) is 52.0 Å². The number of aromatic nitrogens is 2. The standard InChI is InChI=1S/C19H19N3O3S/c1-12-9-10-16(26-12)19(23)22-11-5-7-14(22)18-20-17(21-25-18)13-6-3-4-8-15(13)24-2/h3-4,6,8-10,14H,5,7,11H2,1-2H3. The van der Waals surface area contributed by atoms with Crippen LogP contribution in [-0.2, 0) is 0 Å². The lowest BCUT2D eigenvalue weighted by Gasteiger charge is -2.21. The van der Waals surface area contributed by atoms with Crippen molar-refractivity contribution in [3.8, 4) is 17.1 Å². The van der Waals surface area contributed by atoms with E-state index in [4.69, 9.17) is 9.26 Å². The number of nitrogens with zero attached hydrogens (tertiary/aromatic N) is 3. The fourth-order valence-electron chi connectivity index (χ4n) is 3.27. The third kappa shape index (κ3) is 2.99. The minimum absolute atomic E-state index is 0.0302. The van der Waals surface area contributed by atoms with Gasteiger partial charge in [-0.1, -0.05) is 17.3 Å². The molecule has 26 heavy (non-hydrogen) atoms. The summed E-state index contributed by atoms with van der Waals surface area (Å²) < 4.78 is 10.9. The number of hydrogen-bond acceptors (Lipinski definition) is 6. The molecule has 134 valence electrons. The van der Waals surface area contributed by atoms with Gasteiger partial charge in [-0.3, -0.25) is 4.79 Å². The average molecular weight is 369 g/mol. The maximum atomic E-state index is 12.8. The van der Waals surface area contributed by atoms with Crippen molar-refractivity contribution in [2.45, 2.75) is 25.8 Å². The maximum Gasteiger partial charge on any atom is 0.264 e. The maximum absolute atomic E-state index is 12.8. The minimum atomic E-state index is -0.180. The molecule has 1 aliphatic heterocycles. The van der Waals surface area contributed by atoms with E-state index in [-0.39, 0.29) is 11.9 Å². The second kappa shape index (κ2) is 6.92. The van der Waals surface area contributed by atoms with Gasteiger partial charge in [0.15, 0.2) is 0 Å². The predicted molar refractivity (Wildman–Crippen MR) is 98.4 cm³/mol. The molecule has 1 saturated heterocycles. The molecule has 4 rings (SSSR count). The number of carbonyl (C=O) groups is 1. The van der Waals surface area contributed by atoms with E-state index in [0.29, 0.717) is 24.0 Å². The Morgan fingerprint density at radius 1 is 1.31 bits per heavy atom. The van der Waals surface area contributed by atoms with Gasteiger partial charge in [-0.15, -0.1) is 11.3 Å². The number of carbonyl (C=O) groups excluding carboxylic acids is 1. The fraction of sp³-hybridized carbons (Fsp3) is 0.316. The largest absolute Gasteiger partial charge is 0.496 e. The molecule has 1 atom stereocenters. The molecule has 2 aromatic heterocycles. The van der Waals surface area contributed by atoms with E-state index in [9.17, 15) is 4.79 Å². The van der Waals surface area contributed by atoms with Crippen LogP contribution in [0.1, 0.15) is 39.3 Å². The summed E-state index contributed by atoms with van der Waals surface area (Å²) in [4.78, 5) is 21.1. The molecule has 6 nitrogen and oxygen atoms in total. The number of aryl methyl sites for hydroxylation is 1. The molecule has 1 unspecified atom stereocenters. The molecule has 0 N–H and O–H groups in total. The molecule has 0 radical (unpaired) electrons. The molecule has 3 heterocycles. The summed E-state index contributed by atoms with van der Waals surface area (Å²) in [5, 5.41) is 4.11. The van der Waals surface area contributed by atoms with Crippen LogP contribution in [0, 0.1) is 6.92 Å². The summed E-state index contributed by atoms with van der Waals surface area (Å²) >= 11 is 1.51. The van der Waals surface area contributed by atoms with Crippen molar-refractivity contribution in [2.24, 2.45) is 0 Å². The van der Waals surface area contributed by atoms with Gasteiger partial charge in [0.1, 0.15) is 11.8 Å². The van der Waals surface area contributed by atoms with E-state index >= 15 is 0 Å². The molecule has 7 heteroatoms. The first-order valence-corrected chi connectivity index (χ1v) is 9.33. The van der Waals surface area contributed by atoms with Gasteiger partial charge in [0.05, 0.1) is 17.6 Å². The predicted octanol–water partition coefficient (Wildman–Crippen LogP) is 4.09. The molecule has 0 bridgehead atoms. The number of likely N-dealkylation sites (tertiary alicyclic amines) is 1. The molecule has 1 aliphatic rings. The van der Waals surface area contributed by atoms with Crippen molar-refractivity contribution >= 4 is 17.2 Å². The number of amides is 1. The Balaban J connectivity index is 1.61. The summed E-state index contributed by atoms with van der Waals surface area (Å²) in [7, 11) is 1.61. The van der Waals surface area contributed by atoms with Crippen LogP contribution in [0.3, 0.4) is 0 Å². The van der Waals surface area contributed by atoms with Gasteiger partial charge in [-0.05, 0) is 44.0 Å². The summed E-state index contributed by atoms with van der Waals surface area (Å²) in [6, 6.07) is 11.2. The zero-order valence-corrected chi connectivity index (χ0v) is 15.5. The van der Waals surface area contributed by atoms with Gasteiger partial charge in [0.25, 0.3) is 5.91 Å². The topological polar surface area (TPSA) is 68.5 Å². The third-order valence-corrected chi connectivity index (χ3v) is 5.53. The second-order valence-electron chi connectivity index (χ2n) is 6.22. The highest BCUT2D eigenvalue weighted by molar-refractivity contribution is 7.13. The summed E-state index contributed by atoms with van der Waals surface area (Å²) in [6.07, 6.45) is 1.75. The van der Waals surface area contributed by atoms with Gasteiger partial charge in [-0.25, -0.2) is 0 Å². The van der Waals surface area contributed by atoms with Crippen molar-refractivity contribution < 1.29 is 14.1 Å². The first-order chi connectivity index (χ1) is 12.7. The summed E-state index contributed by atoms with van der Waals surface area (Å²) in [5.74, 6) is 1.67. The average Bonchev–Trinajstić information content (AvgIpc) is 3.40. The van der Waals surface area contributed by atoms with E-state index in [1.165, 1.54) is 11.3 Å². The second-order valence-corrected chi connectivity index (χ2v) is 7.51. The number of methoxy groups -OCH3 is 1. The first-order valence-electron chi connectivity index (χ1n) is 8.52. The molecule has 0 spiro atoms. The smallest absolute Gasteiger partial charge is 0.264 e. The molecule has 3 aromatic rings. The number of hydrogen-bond donors (Lipinski definition) is 0. The lowest BCUT2D eigenvalue weighted by atomic mass is 10.2. The van der Waals surface area contributed by atoms with Crippen LogP contribution in [0.25, 0.3) is 11.4 Å². The van der Waals surface area contributed by atoms with Crippen LogP contribution in [0.15, 0.2) is 40.9 Å². The molecule has 1 amide bonds. The van der Waals surface area contributed by atoms with Crippen LogP contribution in [0.5, 0.6) is 5.75 Å². The van der Waals surface area contributed by atoms with Crippen molar-refractivity contribution in [1.29, 1.82) is 0 Å². The number of benzene rings is 1. The van der Waals surface area contributed by atoms with Crippen molar-refractivity contribution in [3.63, 3.8) is 0 Å². The minimum Gasteiger partial charge on any atom is -0.496 e. The van der Waals surface area contributed by atoms with Crippen LogP contribution in [0.2, 0.25) is 0 Å².